The second kappa shape index (κ2) is 33.0. The van der Waals surface area contributed by atoms with E-state index < -0.39 is 23.7 Å². The number of nitriles is 1. The van der Waals surface area contributed by atoms with Gasteiger partial charge < -0.3 is 51.8 Å². The molecule has 1 saturated carbocycles. The Labute approximate surface area is 477 Å². The number of carbonyl (C=O) groups excluding carboxylic acids is 4. The molecule has 17 nitrogen and oxygen atoms in total. The third-order valence-electron chi connectivity index (χ3n) is 13.1. The van der Waals surface area contributed by atoms with Crippen LogP contribution in [0.1, 0.15) is 128 Å². The van der Waals surface area contributed by atoms with Gasteiger partial charge in [0, 0.05) is 63.3 Å². The minimum absolute atomic E-state index is 0. The molecule has 7 rings (SSSR count). The molecule has 2 aromatic heterocycles. The molecule has 2 aliphatic carbocycles. The fraction of sp³-hybridized carbons (Fsp3) is 0.509. The summed E-state index contributed by atoms with van der Waals surface area (Å²) in [5.74, 6) is -0.589. The molecule has 1 aromatic carbocycles. The quantitative estimate of drug-likeness (QED) is 0.0362. The van der Waals surface area contributed by atoms with E-state index in [1.807, 2.05) is 72.2 Å². The summed E-state index contributed by atoms with van der Waals surface area (Å²) in [6.07, 6.45) is 14.0. The van der Waals surface area contributed by atoms with Crippen LogP contribution in [-0.2, 0) is 20.9 Å². The molecule has 408 valence electrons. The van der Waals surface area contributed by atoms with E-state index in [9.17, 15) is 29.4 Å². The van der Waals surface area contributed by atoms with Crippen LogP contribution in [0.15, 0.2) is 76.5 Å². The van der Waals surface area contributed by atoms with Gasteiger partial charge in [-0.15, -0.1) is 17.4 Å². The van der Waals surface area contributed by atoms with Gasteiger partial charge in [0.2, 0.25) is 18.7 Å². The number of likely N-dealkylation sites (N-methyl/N-ethyl adjacent to an activating group) is 1. The van der Waals surface area contributed by atoms with Crippen molar-refractivity contribution < 1.29 is 58.9 Å². The number of aliphatic hydroxyl groups excluding tert-OH is 1. The van der Waals surface area contributed by atoms with Crippen molar-refractivity contribution >= 4 is 54.0 Å². The number of β-amino-alcohol motifs (C(OH)–C–C–N with tert-alkyl or cyclic N) is 1. The molecule has 0 radical (unpaired) electrons. The summed E-state index contributed by atoms with van der Waals surface area (Å²) in [7, 11) is 0. The number of benzene rings is 1. The molecule has 0 spiro atoms. The third kappa shape index (κ3) is 20.9. The van der Waals surface area contributed by atoms with E-state index in [1.165, 1.54) is 99.6 Å². The Morgan fingerprint density at radius 2 is 1.66 bits per heavy atom. The molecule has 2 unspecified atom stereocenters. The second-order valence-corrected chi connectivity index (χ2v) is 21.1. The topological polar surface area (TPSA) is 255 Å². The number of nitrogens with zero attached hydrogens (tertiary/aromatic N) is 5. The van der Waals surface area contributed by atoms with Crippen LogP contribution in [0.2, 0.25) is 0 Å². The van der Waals surface area contributed by atoms with Crippen molar-refractivity contribution in [2.75, 3.05) is 39.3 Å². The SMILES string of the molecule is CC.CCN1CCN(C2CCCCC2)CC1.C[C@@H]1CC(O)CN1C(=O)C(NC=O)C(C)(C)C.Cc1ncsc1-c1ccc(CNC=O)cc1.[CH-]=C1C=C(NC(=O)c2ccc(/C=C(/C#N)C=N)[nH]2)C(C(C)(C)O)=CC1=N.[Na+]. The summed E-state index contributed by atoms with van der Waals surface area (Å²) in [4.78, 5) is 60.8. The standard InChI is InChI=1S/C19H18N5O2.C12H22N2O3.C12H12N2OS.C12H24N2.C2H6.Na/c1-11-6-17(14(8-15(11)22)19(2,3)26)24-18(25)16-5-4-13(23-16)7-12(9-20)10-21;1-8-5-9(16)6-14(8)11(17)10(13-7-15)12(2,3)4;1-9-12(16-8-14-9)11-4-2-10(3-5-11)6-13-7-15;1-2-13-8-10-14(11-9-13)12-6-4-3-5-7-12;1-2;/h1,4-9,20,22-23,26H,2-3H3,(H,24,25);7-10,16H,5-6H2,1-4H3,(H,13,15);2-5,7-8H,6H2,1H3,(H,13,15);12H,2-11H2,1H3;1-2H3;/q-1;;;;;+1/b12-7+,20-9?,22-15?;;;;;/t;8-,9?,10?;;;;/m.1..../s1. The minimum atomic E-state index is -1.28. The first-order valence-corrected chi connectivity index (χ1v) is 26.8. The van der Waals surface area contributed by atoms with E-state index in [1.54, 1.807) is 36.2 Å². The van der Waals surface area contributed by atoms with Gasteiger partial charge in [-0.2, -0.15) is 10.8 Å². The van der Waals surface area contributed by atoms with Crippen LogP contribution in [0.5, 0.6) is 0 Å². The number of amides is 4. The Morgan fingerprint density at radius 3 is 2.16 bits per heavy atom. The maximum absolute atomic E-state index is 12.5. The van der Waals surface area contributed by atoms with Gasteiger partial charge in [0.15, 0.2) is 0 Å². The number of piperazine rings is 1. The second-order valence-electron chi connectivity index (χ2n) is 20.2. The number of aliphatic hydroxyl groups is 2. The number of carbonyl (C=O) groups is 4. The average molecular weight is 1070 g/mol. The number of aromatic nitrogens is 2. The Hall–Kier alpha value is -5.36. The first-order valence-electron chi connectivity index (χ1n) is 26.0. The van der Waals surface area contributed by atoms with Gasteiger partial charge in [0.05, 0.1) is 33.4 Å². The van der Waals surface area contributed by atoms with E-state index in [0.29, 0.717) is 49.3 Å². The van der Waals surface area contributed by atoms with E-state index >= 15 is 0 Å². The van der Waals surface area contributed by atoms with Crippen molar-refractivity contribution in [1.29, 1.82) is 16.1 Å². The van der Waals surface area contributed by atoms with E-state index in [4.69, 9.17) is 22.7 Å². The first kappa shape index (κ1) is 66.8. The Balaban J connectivity index is 0.000000351. The van der Waals surface area contributed by atoms with Crippen LogP contribution in [0.4, 0.5) is 0 Å². The van der Waals surface area contributed by atoms with Crippen LogP contribution >= 0.6 is 11.3 Å². The molecule has 4 aliphatic rings. The number of nitrogens with one attached hydrogen (secondary N) is 6. The van der Waals surface area contributed by atoms with Gasteiger partial charge in [-0.1, -0.05) is 91.1 Å². The Morgan fingerprint density at radius 1 is 1.01 bits per heavy atom. The summed E-state index contributed by atoms with van der Waals surface area (Å²) in [5, 5.41) is 51.5. The molecule has 2 saturated heterocycles. The number of thiazole rings is 1. The number of allylic oxidation sites excluding steroid dienone is 4. The predicted octanol–water partition coefficient (Wildman–Crippen LogP) is 4.76. The monoisotopic (exact) mass is 1070 g/mol. The van der Waals surface area contributed by atoms with Crippen LogP contribution in [0.25, 0.3) is 16.5 Å². The van der Waals surface area contributed by atoms with Gasteiger partial charge in [0.1, 0.15) is 17.8 Å². The molecule has 4 amide bonds. The number of aryl methyl sites for hydroxylation is 1. The number of H-pyrrole nitrogens is 1. The first-order chi connectivity index (χ1) is 35.6. The Bertz CT molecular complexity index is 2500. The Kier molecular flexibility index (Phi) is 29.0. The van der Waals surface area contributed by atoms with Gasteiger partial charge in [-0.3, -0.25) is 24.1 Å². The van der Waals surface area contributed by atoms with Gasteiger partial charge in [0.25, 0.3) is 5.91 Å². The van der Waals surface area contributed by atoms with Crippen molar-refractivity contribution in [3.63, 3.8) is 0 Å². The fourth-order valence-electron chi connectivity index (χ4n) is 8.96. The molecule has 3 fully saturated rings. The predicted molar refractivity (Wildman–Crippen MR) is 300 cm³/mol. The number of hydrogen-bond donors (Lipinski definition) is 8. The smallest absolute Gasteiger partial charge is 0.391 e. The molecule has 2 aliphatic heterocycles. The maximum Gasteiger partial charge on any atom is 1.00 e. The molecular formula is C57H82N11NaO6S. The summed E-state index contributed by atoms with van der Waals surface area (Å²) < 4.78 is 0. The van der Waals surface area contributed by atoms with Crippen molar-refractivity contribution in [2.24, 2.45) is 5.41 Å². The number of rotatable bonds is 14. The third-order valence-corrected chi connectivity index (χ3v) is 14.1. The van der Waals surface area contributed by atoms with Crippen LogP contribution in [0, 0.1) is 41.1 Å². The zero-order valence-electron chi connectivity index (χ0n) is 46.8. The average Bonchev–Trinajstić information content (AvgIpc) is 4.15. The molecule has 3 atom stereocenters. The van der Waals surface area contributed by atoms with Crippen molar-refractivity contribution in [3.05, 3.63) is 106 Å². The van der Waals surface area contributed by atoms with E-state index in [0.717, 1.165) is 23.5 Å². The minimum Gasteiger partial charge on any atom is -0.391 e. The van der Waals surface area contributed by atoms with Crippen LogP contribution in [0.3, 0.4) is 0 Å². The summed E-state index contributed by atoms with van der Waals surface area (Å²) >= 11 is 1.64. The molecule has 19 heteroatoms. The van der Waals surface area contributed by atoms with Gasteiger partial charge >= 0.3 is 29.6 Å². The fourth-order valence-corrected chi connectivity index (χ4v) is 9.77. The molecule has 3 aromatic rings. The molecular weight excluding hydrogens is 990 g/mol. The molecule has 0 bridgehead atoms. The van der Waals surface area contributed by atoms with Crippen LogP contribution in [-0.4, -0.2) is 141 Å². The number of aromatic amines is 1. The van der Waals surface area contributed by atoms with E-state index in [-0.39, 0.29) is 69.5 Å². The van der Waals surface area contributed by atoms with Crippen molar-refractivity contribution in [1.82, 2.24) is 40.6 Å². The van der Waals surface area contributed by atoms with Gasteiger partial charge in [-0.25, -0.2) is 11.6 Å². The zero-order chi connectivity index (χ0) is 55.9. The molecule has 4 heterocycles. The maximum atomic E-state index is 12.5. The normalized spacial score (nSPS) is 18.5. The molecule has 8 N–H and O–H groups in total. The van der Waals surface area contributed by atoms with Crippen molar-refractivity contribution in [3.8, 4) is 16.5 Å². The van der Waals surface area contributed by atoms with Gasteiger partial charge in [-0.05, 0) is 105 Å². The van der Waals surface area contributed by atoms with Crippen LogP contribution < -0.4 is 45.5 Å². The zero-order valence-corrected chi connectivity index (χ0v) is 49.6. The van der Waals surface area contributed by atoms with E-state index in [2.05, 4.69) is 54.8 Å². The largest absolute Gasteiger partial charge is 1.00 e. The summed E-state index contributed by atoms with van der Waals surface area (Å²) in [6, 6.07) is 13.6. The number of hydrogen-bond acceptors (Lipinski definition) is 13. The molecule has 76 heavy (non-hydrogen) atoms. The van der Waals surface area contributed by atoms with Crippen molar-refractivity contribution in [2.45, 2.75) is 144 Å². The summed E-state index contributed by atoms with van der Waals surface area (Å²) in [6.45, 7) is 32.2. The number of likely N-dealkylation sites (tertiary alicyclic amines) is 1. The summed E-state index contributed by atoms with van der Waals surface area (Å²) in [5.41, 5.74) is 5.34.